The van der Waals surface area contributed by atoms with Crippen LogP contribution in [0.1, 0.15) is 6.92 Å². The van der Waals surface area contributed by atoms with Crippen LogP contribution in [-0.2, 0) is 4.79 Å². The van der Waals surface area contributed by atoms with Gasteiger partial charge in [-0.3, -0.25) is 0 Å². The highest BCUT2D eigenvalue weighted by molar-refractivity contribution is 5.70. The Labute approximate surface area is 102 Å². The van der Waals surface area contributed by atoms with Crippen LogP contribution in [-0.4, -0.2) is 13.4 Å². The second-order valence-corrected chi connectivity index (χ2v) is 3.30. The minimum Gasteiger partial charge on any atom is -0.496 e. The second-order valence-electron chi connectivity index (χ2n) is 3.30. The minimum absolute atomic E-state index is 0.750. The zero-order valence-electron chi connectivity index (χ0n) is 10.1. The Hall–Kier alpha value is -2.09. The summed E-state index contributed by atoms with van der Waals surface area (Å²) in [6, 6.07) is 18.3. The minimum atomic E-state index is 0.750. The maximum Gasteiger partial charge on any atom is 0.126 e. The fourth-order valence-corrected chi connectivity index (χ4v) is 1.50. The van der Waals surface area contributed by atoms with Crippen LogP contribution >= 0.6 is 0 Å². The molecule has 0 aromatic heterocycles. The predicted octanol–water partition coefficient (Wildman–Crippen LogP) is 3.57. The number of hydrogen-bond acceptors (Lipinski definition) is 2. The molecule has 0 atom stereocenters. The van der Waals surface area contributed by atoms with E-state index in [0.29, 0.717) is 0 Å². The lowest BCUT2D eigenvalue weighted by Crippen LogP contribution is -1.86. The summed E-state index contributed by atoms with van der Waals surface area (Å²) in [4.78, 5) is 8.81. The smallest absolute Gasteiger partial charge is 0.126 e. The maximum atomic E-state index is 8.81. The van der Waals surface area contributed by atoms with Crippen molar-refractivity contribution in [1.29, 1.82) is 0 Å². The van der Waals surface area contributed by atoms with Gasteiger partial charge in [0.05, 0.1) is 7.11 Å². The quantitative estimate of drug-likeness (QED) is 0.734. The maximum absolute atomic E-state index is 8.81. The Morgan fingerprint density at radius 3 is 2.06 bits per heavy atom. The van der Waals surface area contributed by atoms with Crippen LogP contribution in [0.4, 0.5) is 0 Å². The lowest BCUT2D eigenvalue weighted by Gasteiger charge is -2.07. The summed E-state index contributed by atoms with van der Waals surface area (Å²) in [6.07, 6.45) is 0.750. The fraction of sp³-hybridized carbons (Fsp3) is 0.133. The molecular formula is C15H16O2. The van der Waals surface area contributed by atoms with Crippen LogP contribution in [0.5, 0.6) is 5.75 Å². The third-order valence-electron chi connectivity index (χ3n) is 2.19. The molecule has 0 aliphatic rings. The molecule has 17 heavy (non-hydrogen) atoms. The number of para-hydroxylation sites is 1. The average molecular weight is 228 g/mol. The van der Waals surface area contributed by atoms with Crippen LogP contribution in [0.2, 0.25) is 0 Å². The first-order valence-corrected chi connectivity index (χ1v) is 5.41. The molecule has 88 valence electrons. The van der Waals surface area contributed by atoms with E-state index >= 15 is 0 Å². The Bertz CT molecular complexity index is 449. The topological polar surface area (TPSA) is 26.3 Å². The van der Waals surface area contributed by atoms with E-state index in [-0.39, 0.29) is 0 Å². The molecule has 0 bridgehead atoms. The molecule has 2 rings (SSSR count). The van der Waals surface area contributed by atoms with Gasteiger partial charge >= 0.3 is 0 Å². The largest absolute Gasteiger partial charge is 0.496 e. The molecule has 0 saturated heterocycles. The number of aldehydes is 1. The van der Waals surface area contributed by atoms with Gasteiger partial charge in [-0.25, -0.2) is 0 Å². The highest BCUT2D eigenvalue weighted by atomic mass is 16.5. The molecule has 0 heterocycles. The fourth-order valence-electron chi connectivity index (χ4n) is 1.50. The summed E-state index contributed by atoms with van der Waals surface area (Å²) in [7, 11) is 1.70. The van der Waals surface area contributed by atoms with E-state index in [1.54, 1.807) is 7.11 Å². The lowest BCUT2D eigenvalue weighted by molar-refractivity contribution is -0.106. The van der Waals surface area contributed by atoms with Crippen LogP contribution in [0.15, 0.2) is 54.6 Å². The third-order valence-corrected chi connectivity index (χ3v) is 2.19. The number of carbonyl (C=O) groups is 1. The van der Waals surface area contributed by atoms with Gasteiger partial charge in [-0.05, 0) is 18.6 Å². The van der Waals surface area contributed by atoms with Crippen LogP contribution in [0, 0.1) is 0 Å². The van der Waals surface area contributed by atoms with E-state index in [9.17, 15) is 0 Å². The number of carbonyl (C=O) groups excluding carboxylic acids is 1. The van der Waals surface area contributed by atoms with Gasteiger partial charge in [0.15, 0.2) is 0 Å². The van der Waals surface area contributed by atoms with Gasteiger partial charge in [-0.1, -0.05) is 48.5 Å². The molecule has 2 heteroatoms. The summed E-state index contributed by atoms with van der Waals surface area (Å²) in [5.74, 6) is 0.915. The number of hydrogen-bond donors (Lipinski definition) is 0. The number of methoxy groups -OCH3 is 1. The molecule has 0 fully saturated rings. The Balaban J connectivity index is 0.000000437. The van der Waals surface area contributed by atoms with Crippen molar-refractivity contribution in [2.75, 3.05) is 7.11 Å². The highest BCUT2D eigenvalue weighted by Crippen LogP contribution is 2.28. The second kappa shape index (κ2) is 7.23. The molecule has 0 aliphatic carbocycles. The SMILES string of the molecule is CC=O.COc1ccccc1-c1ccccc1. The monoisotopic (exact) mass is 228 g/mol. The van der Waals surface area contributed by atoms with Gasteiger partial charge < -0.3 is 9.53 Å². The van der Waals surface area contributed by atoms with Crippen molar-refractivity contribution in [1.82, 2.24) is 0 Å². The number of benzene rings is 2. The molecule has 0 unspecified atom stereocenters. The molecule has 0 amide bonds. The summed E-state index contributed by atoms with van der Waals surface area (Å²) in [5.41, 5.74) is 2.32. The molecule has 2 aromatic carbocycles. The third kappa shape index (κ3) is 3.76. The van der Waals surface area contributed by atoms with Crippen molar-refractivity contribution < 1.29 is 9.53 Å². The van der Waals surface area contributed by atoms with E-state index in [2.05, 4.69) is 18.2 Å². The molecule has 2 nitrogen and oxygen atoms in total. The van der Waals surface area contributed by atoms with E-state index in [0.717, 1.165) is 17.6 Å². The van der Waals surface area contributed by atoms with Gasteiger partial charge in [0.1, 0.15) is 12.0 Å². The van der Waals surface area contributed by atoms with Crippen molar-refractivity contribution in [3.8, 4) is 16.9 Å². The molecule has 0 spiro atoms. The first kappa shape index (κ1) is 13.0. The van der Waals surface area contributed by atoms with Gasteiger partial charge in [-0.15, -0.1) is 0 Å². The molecule has 0 aliphatic heterocycles. The molecular weight excluding hydrogens is 212 g/mol. The molecule has 0 N–H and O–H groups in total. The summed E-state index contributed by atoms with van der Waals surface area (Å²) in [5, 5.41) is 0. The normalized spacial score (nSPS) is 8.82. The highest BCUT2D eigenvalue weighted by Gasteiger charge is 2.02. The van der Waals surface area contributed by atoms with E-state index < -0.39 is 0 Å². The van der Waals surface area contributed by atoms with Crippen LogP contribution in [0.25, 0.3) is 11.1 Å². The first-order chi connectivity index (χ1) is 8.33. The lowest BCUT2D eigenvalue weighted by atomic mass is 10.1. The van der Waals surface area contributed by atoms with Gasteiger partial charge in [0.2, 0.25) is 0 Å². The number of ether oxygens (including phenoxy) is 1. The van der Waals surface area contributed by atoms with Crippen molar-refractivity contribution >= 4 is 6.29 Å². The Morgan fingerprint density at radius 2 is 1.47 bits per heavy atom. The van der Waals surface area contributed by atoms with E-state index in [1.165, 1.54) is 12.5 Å². The molecule has 2 aromatic rings. The van der Waals surface area contributed by atoms with Crippen molar-refractivity contribution in [3.63, 3.8) is 0 Å². The average Bonchev–Trinajstić information content (AvgIpc) is 2.40. The summed E-state index contributed by atoms with van der Waals surface area (Å²) in [6.45, 7) is 1.44. The van der Waals surface area contributed by atoms with E-state index in [4.69, 9.17) is 9.53 Å². The molecule has 0 saturated carbocycles. The van der Waals surface area contributed by atoms with Crippen molar-refractivity contribution in [2.24, 2.45) is 0 Å². The predicted molar refractivity (Wildman–Crippen MR) is 70.2 cm³/mol. The Kier molecular flexibility index (Phi) is 5.52. The van der Waals surface area contributed by atoms with Crippen molar-refractivity contribution in [2.45, 2.75) is 6.92 Å². The van der Waals surface area contributed by atoms with Gasteiger partial charge in [0.25, 0.3) is 0 Å². The van der Waals surface area contributed by atoms with Crippen molar-refractivity contribution in [3.05, 3.63) is 54.6 Å². The number of rotatable bonds is 2. The summed E-state index contributed by atoms with van der Waals surface area (Å²) < 4.78 is 5.30. The van der Waals surface area contributed by atoms with E-state index in [1.807, 2.05) is 36.4 Å². The molecule has 0 radical (unpaired) electrons. The van der Waals surface area contributed by atoms with Crippen LogP contribution < -0.4 is 4.74 Å². The van der Waals surface area contributed by atoms with Gasteiger partial charge in [-0.2, -0.15) is 0 Å². The first-order valence-electron chi connectivity index (χ1n) is 5.41. The summed E-state index contributed by atoms with van der Waals surface area (Å²) >= 11 is 0. The standard InChI is InChI=1S/C13H12O.C2H4O/c1-14-13-10-6-5-9-12(13)11-7-3-2-4-8-11;1-2-3/h2-10H,1H3;2H,1H3. The Morgan fingerprint density at radius 1 is 0.941 bits per heavy atom. The van der Waals surface area contributed by atoms with Crippen LogP contribution in [0.3, 0.4) is 0 Å². The zero-order valence-corrected chi connectivity index (χ0v) is 10.1. The zero-order chi connectivity index (χ0) is 12.5. The van der Waals surface area contributed by atoms with Gasteiger partial charge in [0, 0.05) is 5.56 Å².